The molecular weight excluding hydrogens is 290 g/mol. The largest absolute Gasteiger partial charge is 0.207 e. The molecule has 82 valence electrons. The highest BCUT2D eigenvalue weighted by Gasteiger charge is 2.11. The third-order valence-corrected chi connectivity index (χ3v) is 3.23. The van der Waals surface area contributed by atoms with E-state index in [1.165, 1.54) is 12.1 Å². The summed E-state index contributed by atoms with van der Waals surface area (Å²) in [6, 6.07) is 14.3. The Morgan fingerprint density at radius 2 is 1.69 bits per heavy atom. The van der Waals surface area contributed by atoms with Crippen LogP contribution < -0.4 is 0 Å². The van der Waals surface area contributed by atoms with Crippen LogP contribution in [0.1, 0.15) is 16.5 Å². The van der Waals surface area contributed by atoms with Crippen LogP contribution in [0.15, 0.2) is 53.0 Å². The van der Waals surface area contributed by atoms with Gasteiger partial charge in [0.25, 0.3) is 0 Å². The zero-order chi connectivity index (χ0) is 11.5. The fourth-order valence-electron chi connectivity index (χ4n) is 1.54. The number of alkyl halides is 1. The SMILES string of the molecule is Fc1cc(Br)cc(C(Cl)c2ccccc2)c1. The Labute approximate surface area is 107 Å². The molecule has 0 aliphatic heterocycles. The predicted molar refractivity (Wildman–Crippen MR) is 68.2 cm³/mol. The lowest BCUT2D eigenvalue weighted by atomic mass is 10.0. The number of halogens is 3. The van der Waals surface area contributed by atoms with E-state index in [1.807, 2.05) is 36.4 Å². The van der Waals surface area contributed by atoms with Crippen molar-refractivity contribution in [3.63, 3.8) is 0 Å². The topological polar surface area (TPSA) is 0 Å². The Balaban J connectivity index is 2.37. The van der Waals surface area contributed by atoms with Crippen molar-refractivity contribution in [1.82, 2.24) is 0 Å². The third-order valence-electron chi connectivity index (χ3n) is 2.27. The molecule has 3 heteroatoms. The molecular formula is C13H9BrClF. The van der Waals surface area contributed by atoms with Gasteiger partial charge < -0.3 is 0 Å². The zero-order valence-corrected chi connectivity index (χ0v) is 10.7. The van der Waals surface area contributed by atoms with Crippen LogP contribution in [0.4, 0.5) is 4.39 Å². The van der Waals surface area contributed by atoms with Gasteiger partial charge in [-0.3, -0.25) is 0 Å². The van der Waals surface area contributed by atoms with Crippen molar-refractivity contribution >= 4 is 27.5 Å². The molecule has 0 amide bonds. The summed E-state index contributed by atoms with van der Waals surface area (Å²) in [5.74, 6) is -0.286. The minimum Gasteiger partial charge on any atom is -0.207 e. The fourth-order valence-corrected chi connectivity index (χ4v) is 2.29. The number of hydrogen-bond acceptors (Lipinski definition) is 0. The summed E-state index contributed by atoms with van der Waals surface area (Å²) >= 11 is 9.54. The van der Waals surface area contributed by atoms with Gasteiger partial charge in [0.2, 0.25) is 0 Å². The van der Waals surface area contributed by atoms with E-state index in [4.69, 9.17) is 11.6 Å². The Kier molecular flexibility index (Phi) is 3.62. The standard InChI is InChI=1S/C13H9BrClF/c14-11-6-10(7-12(16)8-11)13(15)9-4-2-1-3-5-9/h1-8,13H. The monoisotopic (exact) mass is 298 g/mol. The maximum Gasteiger partial charge on any atom is 0.124 e. The molecule has 2 aromatic carbocycles. The van der Waals surface area contributed by atoms with Crippen LogP contribution in [0, 0.1) is 5.82 Å². The van der Waals surface area contributed by atoms with Gasteiger partial charge in [-0.15, -0.1) is 11.6 Å². The first kappa shape index (κ1) is 11.6. The lowest BCUT2D eigenvalue weighted by molar-refractivity contribution is 0.625. The van der Waals surface area contributed by atoms with Crippen LogP contribution in [0.2, 0.25) is 0 Å². The summed E-state index contributed by atoms with van der Waals surface area (Å²) in [4.78, 5) is 0. The van der Waals surface area contributed by atoms with E-state index >= 15 is 0 Å². The molecule has 0 aliphatic carbocycles. The Hall–Kier alpha value is -0.860. The predicted octanol–water partition coefficient (Wildman–Crippen LogP) is 4.92. The van der Waals surface area contributed by atoms with Crippen molar-refractivity contribution < 1.29 is 4.39 Å². The molecule has 0 fully saturated rings. The van der Waals surface area contributed by atoms with E-state index in [0.29, 0.717) is 4.47 Å². The van der Waals surface area contributed by atoms with Crippen molar-refractivity contribution in [2.24, 2.45) is 0 Å². The average molecular weight is 300 g/mol. The third kappa shape index (κ3) is 2.63. The second-order valence-corrected chi connectivity index (χ2v) is 4.83. The maximum atomic E-state index is 13.2. The highest BCUT2D eigenvalue weighted by Crippen LogP contribution is 2.30. The summed E-state index contributed by atoms with van der Waals surface area (Å²) in [6.07, 6.45) is 0. The molecule has 0 aliphatic rings. The number of benzene rings is 2. The molecule has 0 bridgehead atoms. The van der Waals surface area contributed by atoms with Crippen molar-refractivity contribution in [3.8, 4) is 0 Å². The first-order valence-electron chi connectivity index (χ1n) is 4.82. The molecule has 1 unspecified atom stereocenters. The summed E-state index contributed by atoms with van der Waals surface area (Å²) in [6.45, 7) is 0. The van der Waals surface area contributed by atoms with E-state index in [9.17, 15) is 4.39 Å². The minimum atomic E-state index is -0.326. The summed E-state index contributed by atoms with van der Waals surface area (Å²) in [5.41, 5.74) is 1.71. The van der Waals surface area contributed by atoms with Crippen LogP contribution in [-0.4, -0.2) is 0 Å². The van der Waals surface area contributed by atoms with Gasteiger partial charge in [-0.2, -0.15) is 0 Å². The number of hydrogen-bond donors (Lipinski definition) is 0. The maximum absolute atomic E-state index is 13.2. The highest BCUT2D eigenvalue weighted by atomic mass is 79.9. The molecule has 0 aromatic heterocycles. The van der Waals surface area contributed by atoms with Gasteiger partial charge in [0.15, 0.2) is 0 Å². The summed E-state index contributed by atoms with van der Waals surface area (Å²) < 4.78 is 13.9. The van der Waals surface area contributed by atoms with E-state index in [2.05, 4.69) is 15.9 Å². The Bertz CT molecular complexity index is 464. The normalized spacial score (nSPS) is 12.4. The molecule has 2 aromatic rings. The Morgan fingerprint density at radius 1 is 1.00 bits per heavy atom. The molecule has 0 saturated carbocycles. The van der Waals surface area contributed by atoms with Crippen molar-refractivity contribution in [2.75, 3.05) is 0 Å². The van der Waals surface area contributed by atoms with Gasteiger partial charge in [0.1, 0.15) is 5.82 Å². The smallest absolute Gasteiger partial charge is 0.124 e. The van der Waals surface area contributed by atoms with Gasteiger partial charge in [-0.25, -0.2) is 4.39 Å². The first-order valence-corrected chi connectivity index (χ1v) is 6.05. The van der Waals surface area contributed by atoms with Crippen LogP contribution in [0.3, 0.4) is 0 Å². The Morgan fingerprint density at radius 3 is 2.31 bits per heavy atom. The summed E-state index contributed by atoms with van der Waals surface area (Å²) in [7, 11) is 0. The number of rotatable bonds is 2. The second-order valence-electron chi connectivity index (χ2n) is 3.48. The molecule has 0 saturated heterocycles. The lowest BCUT2D eigenvalue weighted by Crippen LogP contribution is -1.94. The molecule has 0 radical (unpaired) electrons. The average Bonchev–Trinajstić information content (AvgIpc) is 2.28. The van der Waals surface area contributed by atoms with E-state index in [0.717, 1.165) is 11.1 Å². The molecule has 2 rings (SSSR count). The van der Waals surface area contributed by atoms with Gasteiger partial charge in [0, 0.05) is 4.47 Å². The van der Waals surface area contributed by atoms with E-state index in [-0.39, 0.29) is 11.2 Å². The lowest BCUT2D eigenvalue weighted by Gasteiger charge is -2.10. The minimum absolute atomic E-state index is 0.286. The fraction of sp³-hybridized carbons (Fsp3) is 0.0769. The van der Waals surface area contributed by atoms with Crippen LogP contribution in [0.5, 0.6) is 0 Å². The van der Waals surface area contributed by atoms with E-state index < -0.39 is 0 Å². The quantitative estimate of drug-likeness (QED) is 0.691. The van der Waals surface area contributed by atoms with Gasteiger partial charge >= 0.3 is 0 Å². The van der Waals surface area contributed by atoms with Crippen LogP contribution in [-0.2, 0) is 0 Å². The van der Waals surface area contributed by atoms with Crippen LogP contribution in [0.25, 0.3) is 0 Å². The first-order chi connectivity index (χ1) is 7.66. The second kappa shape index (κ2) is 4.98. The van der Waals surface area contributed by atoms with Crippen LogP contribution >= 0.6 is 27.5 Å². The van der Waals surface area contributed by atoms with Crippen molar-refractivity contribution in [2.45, 2.75) is 5.38 Å². The van der Waals surface area contributed by atoms with E-state index in [1.54, 1.807) is 0 Å². The molecule has 16 heavy (non-hydrogen) atoms. The molecule has 0 spiro atoms. The molecule has 0 nitrogen and oxygen atoms in total. The highest BCUT2D eigenvalue weighted by molar-refractivity contribution is 9.10. The van der Waals surface area contributed by atoms with Crippen molar-refractivity contribution in [3.05, 3.63) is 69.9 Å². The van der Waals surface area contributed by atoms with Gasteiger partial charge in [0.05, 0.1) is 5.38 Å². The molecule has 1 atom stereocenters. The molecule has 0 N–H and O–H groups in total. The molecule has 0 heterocycles. The summed E-state index contributed by atoms with van der Waals surface area (Å²) in [5, 5.41) is -0.326. The van der Waals surface area contributed by atoms with Gasteiger partial charge in [-0.1, -0.05) is 46.3 Å². The zero-order valence-electron chi connectivity index (χ0n) is 8.33. The van der Waals surface area contributed by atoms with Gasteiger partial charge in [-0.05, 0) is 29.3 Å². The van der Waals surface area contributed by atoms with Crippen molar-refractivity contribution in [1.29, 1.82) is 0 Å².